The predicted molar refractivity (Wildman–Crippen MR) is 456 cm³/mol. The Balaban J connectivity index is 0.000000131. The van der Waals surface area contributed by atoms with Crippen LogP contribution in [0, 0.1) is 11.8 Å². The highest BCUT2D eigenvalue weighted by Crippen LogP contribution is 2.50. The number of carbonyl (C=O) groups is 4. The summed E-state index contributed by atoms with van der Waals surface area (Å²) in [5.74, 6) is 0.709. The molecule has 116 heavy (non-hydrogen) atoms. The molecule has 1 aromatic heterocycles. The van der Waals surface area contributed by atoms with Crippen LogP contribution in [0.3, 0.4) is 0 Å². The van der Waals surface area contributed by atoms with Crippen LogP contribution in [0.5, 0.6) is 0 Å². The topological polar surface area (TPSA) is 228 Å². The number of H-pyrrole nitrogens is 1. The lowest BCUT2D eigenvalue weighted by atomic mass is 9.70. The van der Waals surface area contributed by atoms with Crippen molar-refractivity contribution in [2.75, 3.05) is 92.8 Å². The molecule has 6 fully saturated rings. The first-order valence-electron chi connectivity index (χ1n) is 42.1. The Kier molecular flexibility index (Phi) is 23.9. The van der Waals surface area contributed by atoms with Gasteiger partial charge in [0.25, 0.3) is 17.4 Å². The van der Waals surface area contributed by atoms with Crippen LogP contribution in [0.1, 0.15) is 209 Å². The van der Waals surface area contributed by atoms with Crippen molar-refractivity contribution < 1.29 is 23.9 Å². The van der Waals surface area contributed by atoms with Crippen LogP contribution >= 0.6 is 0 Å². The number of rotatable bonds is 14. The Morgan fingerprint density at radius 2 is 0.974 bits per heavy atom. The van der Waals surface area contributed by atoms with Crippen molar-refractivity contribution >= 4 is 35.1 Å². The molecule has 0 spiro atoms. The number of aromatic nitrogens is 2. The normalized spacial score (nSPS) is 24.8. The molecule has 4 aliphatic carbocycles. The van der Waals surface area contributed by atoms with Crippen molar-refractivity contribution in [2.24, 2.45) is 22.0 Å². The maximum absolute atomic E-state index is 13.4. The molecule has 6 N–H and O–H groups in total. The smallest absolute Gasteiger partial charge is 0.267 e. The molecule has 21 heteroatoms. The second kappa shape index (κ2) is 34.9. The van der Waals surface area contributed by atoms with Gasteiger partial charge in [0.05, 0.1) is 41.7 Å². The summed E-state index contributed by atoms with van der Waals surface area (Å²) in [4.78, 5) is 76.3. The van der Waals surface area contributed by atoms with Crippen LogP contribution in [0.2, 0.25) is 0 Å². The second-order valence-electron chi connectivity index (χ2n) is 33.8. The Morgan fingerprint density at radius 1 is 0.509 bits per heavy atom. The van der Waals surface area contributed by atoms with E-state index in [0.717, 1.165) is 161 Å². The maximum Gasteiger partial charge on any atom is 0.267 e. The first kappa shape index (κ1) is 79.6. The number of hydrazone groups is 2. The molecule has 5 saturated heterocycles. The van der Waals surface area contributed by atoms with Gasteiger partial charge < -0.3 is 45.2 Å². The Morgan fingerprint density at radius 3 is 1.51 bits per heavy atom. The monoisotopic (exact) mass is 1560 g/mol. The fourth-order valence-corrected chi connectivity index (χ4v) is 19.7. The third-order valence-corrected chi connectivity index (χ3v) is 25.7. The van der Waals surface area contributed by atoms with E-state index in [1.165, 1.54) is 55.7 Å². The van der Waals surface area contributed by atoms with Gasteiger partial charge >= 0.3 is 0 Å². The molecule has 9 unspecified atom stereocenters. The van der Waals surface area contributed by atoms with Crippen molar-refractivity contribution in [3.63, 3.8) is 0 Å². The van der Waals surface area contributed by atoms with Gasteiger partial charge in [-0.15, -0.1) is 0 Å². The fourth-order valence-electron chi connectivity index (χ4n) is 19.7. The van der Waals surface area contributed by atoms with E-state index in [-0.39, 0.29) is 102 Å². The van der Waals surface area contributed by atoms with Crippen molar-refractivity contribution in [1.82, 2.24) is 66.4 Å². The molecule has 1 saturated carbocycles. The molecule has 9 heterocycles. The zero-order valence-electron chi connectivity index (χ0n) is 66.9. The molecule has 21 nitrogen and oxygen atoms in total. The number of nitrogens with one attached hydrogen (secondary N) is 6. The van der Waals surface area contributed by atoms with E-state index in [1.54, 1.807) is 0 Å². The van der Waals surface area contributed by atoms with Crippen molar-refractivity contribution in [3.8, 4) is 0 Å². The second-order valence-corrected chi connectivity index (χ2v) is 33.8. The molecule has 4 amide bonds. The molecule has 0 radical (unpaired) electrons. The zero-order valence-corrected chi connectivity index (χ0v) is 66.9. The van der Waals surface area contributed by atoms with Gasteiger partial charge in [0.2, 0.25) is 11.8 Å². The average Bonchev–Trinajstić information content (AvgIpc) is 0.896. The Bertz CT molecular complexity index is 4990. The van der Waals surface area contributed by atoms with Crippen LogP contribution in [-0.4, -0.2) is 179 Å². The van der Waals surface area contributed by atoms with E-state index < -0.39 is 0 Å². The minimum atomic E-state index is -0.0296. The average molecular weight is 1560 g/mol. The molecular weight excluding hydrogens is 1450 g/mol. The third kappa shape index (κ3) is 16.5. The van der Waals surface area contributed by atoms with Crippen LogP contribution in [0.15, 0.2) is 220 Å². The largest absolute Gasteiger partial charge is 0.379 e. The lowest BCUT2D eigenvalue weighted by Crippen LogP contribution is -2.51. The molecular formula is C95H113N15O6. The van der Waals surface area contributed by atoms with Gasteiger partial charge in [-0.05, 0) is 176 Å². The number of hydrogen-bond donors (Lipinski definition) is 6. The molecule has 8 aliphatic heterocycles. The highest BCUT2D eigenvalue weighted by Gasteiger charge is 2.48. The van der Waals surface area contributed by atoms with Crippen LogP contribution in [-0.2, 0) is 33.8 Å². The summed E-state index contributed by atoms with van der Waals surface area (Å²) >= 11 is 0. The van der Waals surface area contributed by atoms with E-state index >= 15 is 0 Å². The number of carbonyl (C=O) groups excluding carboxylic acids is 4. The minimum absolute atomic E-state index is 0. The summed E-state index contributed by atoms with van der Waals surface area (Å²) in [6.45, 7) is 22.5. The molecule has 604 valence electrons. The Labute approximate surface area is 682 Å². The van der Waals surface area contributed by atoms with Gasteiger partial charge in [0.1, 0.15) is 0 Å². The quantitative estimate of drug-likeness (QED) is 0.0596. The minimum Gasteiger partial charge on any atom is -0.379 e. The van der Waals surface area contributed by atoms with Crippen LogP contribution in [0.4, 0.5) is 0 Å². The van der Waals surface area contributed by atoms with E-state index in [2.05, 4.69) is 208 Å². The summed E-state index contributed by atoms with van der Waals surface area (Å²) < 4.78 is 5.52. The number of piperazine rings is 2. The molecule has 6 aromatic carbocycles. The highest BCUT2D eigenvalue weighted by atomic mass is 16.5. The number of allylic oxidation sites excluding steroid dienone is 2. The molecule has 9 atom stereocenters. The highest BCUT2D eigenvalue weighted by molar-refractivity contribution is 6.10. The summed E-state index contributed by atoms with van der Waals surface area (Å²) in [5.41, 5.74) is 29.9. The number of aromatic amines is 1. The number of ether oxygens (including phenoxy) is 1. The zero-order chi connectivity index (χ0) is 79.0. The maximum atomic E-state index is 13.4. The number of morpholine rings is 1. The number of benzene rings is 6. The van der Waals surface area contributed by atoms with E-state index in [9.17, 15) is 24.0 Å². The first-order chi connectivity index (χ1) is 56.1. The molecule has 0 bridgehead atoms. The SMILES string of the molecule is C.C=C1NN=C2C3=C1CCCC3NC(c1ccc(CN(C)C)cc1)C2c1ccc(C(=O)N2CCN(C(=O)C(C)C)CC2)cc1.C=C1NN=C2C3=C1CCCC3NC(c1ccccc1)C2c1ccc(C(=O)N2CCN(C(=O)C3CC3)CC2)cc1.O=c1[nH]nc2c3c1CCCC3NC(c1cccc(CN3CCOCC3)c1)C2c1ccccc1. The van der Waals surface area contributed by atoms with Gasteiger partial charge in [-0.3, -0.25) is 39.7 Å². The van der Waals surface area contributed by atoms with Gasteiger partial charge in [0.15, 0.2) is 0 Å². The first-order valence-corrected chi connectivity index (χ1v) is 42.1. The summed E-state index contributed by atoms with van der Waals surface area (Å²) in [5, 5.41) is 29.2. The van der Waals surface area contributed by atoms with Crippen LogP contribution in [0.25, 0.3) is 0 Å². The molecule has 19 rings (SSSR count). The van der Waals surface area contributed by atoms with Gasteiger partial charge in [-0.1, -0.05) is 168 Å². The van der Waals surface area contributed by atoms with Crippen LogP contribution < -0.4 is 32.4 Å². The molecule has 12 aliphatic rings. The fraction of sp³-hybridized carbons (Fsp3) is 0.432. The number of amides is 4. The summed E-state index contributed by atoms with van der Waals surface area (Å²) in [6, 6.07) is 56.2. The summed E-state index contributed by atoms with van der Waals surface area (Å²) in [6.07, 6.45) is 11.4. The number of nitrogens with zero attached hydrogens (tertiary/aromatic N) is 9. The predicted octanol–water partition coefficient (Wildman–Crippen LogP) is 12.7. The third-order valence-electron chi connectivity index (χ3n) is 25.7. The van der Waals surface area contributed by atoms with Gasteiger partial charge in [-0.25, -0.2) is 5.10 Å². The van der Waals surface area contributed by atoms with E-state index in [4.69, 9.17) is 14.9 Å². The summed E-state index contributed by atoms with van der Waals surface area (Å²) in [7, 11) is 4.18. The van der Waals surface area contributed by atoms with Gasteiger partial charge in [0, 0.05) is 167 Å². The lowest BCUT2D eigenvalue weighted by Gasteiger charge is -2.45. The van der Waals surface area contributed by atoms with Crippen molar-refractivity contribution in [1.29, 1.82) is 0 Å². The number of piperidine rings is 2. The molecule has 7 aromatic rings. The van der Waals surface area contributed by atoms with E-state index in [0.29, 0.717) is 63.5 Å². The standard InChI is InChI=1S/C35H44N6O2.C32H35N5O2.C27H30N4O2.CH4/c1-22(2)34(42)40-17-19-41(20-18-40)35(43)27-15-13-25(14-16-27)30-32(26-11-9-24(10-12-26)21-39(4)5)36-29-8-6-7-28-23(3)37-38-33(30)31(28)29;1-20-25-8-5-9-26-28(25)30(35-34-20)27(29(33-26)22-6-3-2-4-7-22)21-10-12-23(13-11-21)31(38)36-16-18-37(19-17-36)32(39)24-14-15-24;32-27-21-10-5-11-22-24(21)26(29-30-27)23(19-7-2-1-3-8-19)25(28-22)20-9-4-6-18(16-20)17-31-12-14-33-15-13-31;/h9-16,22,29-30,32,36-37H,3,6-8,17-21H2,1-2,4-5H3;2-4,6-7,10-13,24,26-27,29,33-34H,1,5,8-9,14-19H2;1-4,6-9,16,22-23,25,28H,5,10-15,17H2,(H,30,32);1H4. The van der Waals surface area contributed by atoms with Crippen molar-refractivity contribution in [3.05, 3.63) is 287 Å². The van der Waals surface area contributed by atoms with Crippen molar-refractivity contribution in [2.45, 2.75) is 159 Å². The Hall–Kier alpha value is -10.3. The number of hydrogen-bond acceptors (Lipinski definition) is 16. The van der Waals surface area contributed by atoms with Gasteiger partial charge in [-0.2, -0.15) is 15.3 Å². The van der Waals surface area contributed by atoms with E-state index in [1.807, 2.05) is 57.7 Å². The lowest BCUT2D eigenvalue weighted by molar-refractivity contribution is -0.136.